The third-order valence-electron chi connectivity index (χ3n) is 1.84. The second kappa shape index (κ2) is 4.84. The van der Waals surface area contributed by atoms with Gasteiger partial charge in [-0.2, -0.15) is 0 Å². The van der Waals surface area contributed by atoms with Crippen LogP contribution in [0, 0.1) is 5.41 Å². The molecule has 0 spiro atoms. The molecule has 0 fully saturated rings. The van der Waals surface area contributed by atoms with Gasteiger partial charge in [-0.15, -0.1) is 0 Å². The molecule has 1 aliphatic rings. The summed E-state index contributed by atoms with van der Waals surface area (Å²) in [6.45, 7) is 5.74. The minimum atomic E-state index is -0.254. The summed E-state index contributed by atoms with van der Waals surface area (Å²) < 4.78 is 11.8. The fourth-order valence-electron chi connectivity index (χ4n) is 1.01. The van der Waals surface area contributed by atoms with Crippen molar-refractivity contribution in [1.82, 2.24) is 5.32 Å². The Kier molecular flexibility index (Phi) is 4.03. The van der Waals surface area contributed by atoms with E-state index < -0.39 is 0 Å². The topological polar surface area (TPSA) is 24.4 Å². The number of rotatable bonds is 3. The van der Waals surface area contributed by atoms with E-state index in [1.54, 1.807) is 11.8 Å². The highest BCUT2D eigenvalue weighted by Crippen LogP contribution is 2.26. The van der Waals surface area contributed by atoms with Crippen molar-refractivity contribution < 1.29 is 4.39 Å². The molecule has 0 amide bonds. The van der Waals surface area contributed by atoms with Crippen molar-refractivity contribution in [2.75, 3.05) is 25.5 Å². The minimum absolute atomic E-state index is 0.254. The largest absolute Gasteiger partial charge is 0.365 e. The number of halogens is 1. The van der Waals surface area contributed by atoms with Crippen LogP contribution < -0.4 is 5.32 Å². The maximum absolute atomic E-state index is 11.8. The Bertz CT molecular complexity index is 192. The molecule has 0 atom stereocenters. The van der Waals surface area contributed by atoms with Crippen molar-refractivity contribution in [2.24, 2.45) is 10.4 Å². The first-order valence-electron chi connectivity index (χ1n) is 4.61. The predicted molar refractivity (Wildman–Crippen MR) is 57.1 cm³/mol. The molecule has 76 valence electrons. The van der Waals surface area contributed by atoms with Crippen LogP contribution in [0.3, 0.4) is 0 Å². The lowest BCUT2D eigenvalue weighted by atomic mass is 9.97. The maximum atomic E-state index is 11.8. The molecule has 1 heterocycles. The third-order valence-corrected chi connectivity index (χ3v) is 3.31. The summed E-state index contributed by atoms with van der Waals surface area (Å²) in [7, 11) is 0. The van der Waals surface area contributed by atoms with Crippen LogP contribution in [0.25, 0.3) is 0 Å². The Morgan fingerprint density at radius 3 is 2.92 bits per heavy atom. The average molecular weight is 204 g/mol. The number of nitrogens with one attached hydrogen (secondary N) is 1. The van der Waals surface area contributed by atoms with Crippen molar-refractivity contribution in [3.8, 4) is 0 Å². The van der Waals surface area contributed by atoms with Gasteiger partial charge in [-0.1, -0.05) is 25.6 Å². The van der Waals surface area contributed by atoms with Crippen LogP contribution in [0.1, 0.15) is 20.3 Å². The highest BCUT2D eigenvalue weighted by atomic mass is 32.2. The second-order valence-corrected chi connectivity index (χ2v) is 5.01. The molecule has 0 saturated carbocycles. The number of hydrogen-bond acceptors (Lipinski definition) is 3. The summed E-state index contributed by atoms with van der Waals surface area (Å²) in [4.78, 5) is 4.40. The summed E-state index contributed by atoms with van der Waals surface area (Å²) in [5, 5.41) is 4.11. The maximum Gasteiger partial charge on any atom is 0.156 e. The second-order valence-electron chi connectivity index (χ2n) is 4.04. The van der Waals surface area contributed by atoms with Crippen molar-refractivity contribution in [1.29, 1.82) is 0 Å². The van der Waals surface area contributed by atoms with Gasteiger partial charge < -0.3 is 5.32 Å². The zero-order valence-corrected chi connectivity index (χ0v) is 9.09. The lowest BCUT2D eigenvalue weighted by Crippen LogP contribution is -2.31. The van der Waals surface area contributed by atoms with Gasteiger partial charge in [-0.05, 0) is 11.8 Å². The Balaban J connectivity index is 2.25. The number of amidine groups is 1. The molecule has 0 bridgehead atoms. The lowest BCUT2D eigenvalue weighted by molar-refractivity contribution is 0.436. The van der Waals surface area contributed by atoms with Crippen molar-refractivity contribution in [3.05, 3.63) is 0 Å². The molecule has 0 aromatic heterocycles. The molecular weight excluding hydrogens is 187 g/mol. The highest BCUT2D eigenvalue weighted by Gasteiger charge is 2.22. The Hall–Kier alpha value is -0.250. The summed E-state index contributed by atoms with van der Waals surface area (Å²) in [5.41, 5.74) is 0.315. The Morgan fingerprint density at radius 1 is 1.62 bits per heavy atom. The van der Waals surface area contributed by atoms with Crippen LogP contribution in [0.2, 0.25) is 0 Å². The van der Waals surface area contributed by atoms with Gasteiger partial charge in [0, 0.05) is 18.8 Å². The molecule has 0 aliphatic carbocycles. The van der Waals surface area contributed by atoms with Gasteiger partial charge in [0.1, 0.15) is 0 Å². The molecule has 4 heteroatoms. The van der Waals surface area contributed by atoms with E-state index in [0.717, 1.165) is 17.5 Å². The van der Waals surface area contributed by atoms with Crippen LogP contribution in [0.15, 0.2) is 4.99 Å². The molecular formula is C9H17FN2S. The van der Waals surface area contributed by atoms with Gasteiger partial charge in [-0.25, -0.2) is 0 Å². The monoisotopic (exact) mass is 204 g/mol. The van der Waals surface area contributed by atoms with Gasteiger partial charge in [0.05, 0.1) is 6.67 Å². The smallest absolute Gasteiger partial charge is 0.156 e. The quantitative estimate of drug-likeness (QED) is 0.712. The molecule has 0 radical (unpaired) electrons. The lowest BCUT2D eigenvalue weighted by Gasteiger charge is -2.27. The van der Waals surface area contributed by atoms with Gasteiger partial charge in [0.2, 0.25) is 0 Å². The standard InChI is InChI=1S/C9H17FN2S/c1-9(2)6-12-8(13-7-9)11-5-3-4-10/h3-7H2,1-2H3,(H,11,12). The third kappa shape index (κ3) is 3.98. The van der Waals surface area contributed by atoms with Crippen molar-refractivity contribution in [3.63, 3.8) is 0 Å². The van der Waals surface area contributed by atoms with E-state index >= 15 is 0 Å². The number of aliphatic imine (C=N–C) groups is 1. The molecule has 1 rings (SSSR count). The normalized spacial score (nSPS) is 21.0. The van der Waals surface area contributed by atoms with E-state index in [-0.39, 0.29) is 6.67 Å². The Morgan fingerprint density at radius 2 is 2.38 bits per heavy atom. The van der Waals surface area contributed by atoms with Gasteiger partial charge in [-0.3, -0.25) is 9.38 Å². The number of hydrogen-bond donors (Lipinski definition) is 1. The molecule has 0 aromatic rings. The molecule has 2 nitrogen and oxygen atoms in total. The first-order valence-corrected chi connectivity index (χ1v) is 5.60. The van der Waals surface area contributed by atoms with E-state index in [0.29, 0.717) is 18.4 Å². The fraction of sp³-hybridized carbons (Fsp3) is 0.889. The van der Waals surface area contributed by atoms with E-state index in [1.807, 2.05) is 0 Å². The SMILES string of the molecule is CC1(C)CN=C(NCCCF)SC1. The van der Waals surface area contributed by atoms with Crippen LogP contribution in [-0.4, -0.2) is 30.7 Å². The number of thioether (sulfide) groups is 1. The zero-order chi connectivity index (χ0) is 9.73. The number of nitrogens with zero attached hydrogens (tertiary/aromatic N) is 1. The first-order chi connectivity index (χ1) is 6.14. The van der Waals surface area contributed by atoms with E-state index in [9.17, 15) is 4.39 Å². The molecule has 13 heavy (non-hydrogen) atoms. The van der Waals surface area contributed by atoms with Gasteiger partial charge in [0.25, 0.3) is 0 Å². The molecule has 1 aliphatic heterocycles. The van der Waals surface area contributed by atoms with Gasteiger partial charge in [0.15, 0.2) is 5.17 Å². The molecule has 0 unspecified atom stereocenters. The van der Waals surface area contributed by atoms with E-state index in [4.69, 9.17) is 0 Å². The summed E-state index contributed by atoms with van der Waals surface area (Å²) >= 11 is 1.74. The van der Waals surface area contributed by atoms with Crippen LogP contribution in [-0.2, 0) is 0 Å². The predicted octanol–water partition coefficient (Wildman–Crippen LogP) is 2.06. The molecule has 0 saturated heterocycles. The van der Waals surface area contributed by atoms with Gasteiger partial charge >= 0.3 is 0 Å². The molecule has 0 aromatic carbocycles. The van der Waals surface area contributed by atoms with Crippen molar-refractivity contribution >= 4 is 16.9 Å². The number of alkyl halides is 1. The first kappa shape index (κ1) is 10.8. The summed E-state index contributed by atoms with van der Waals surface area (Å²) in [6.07, 6.45) is 0.572. The van der Waals surface area contributed by atoms with Crippen molar-refractivity contribution in [2.45, 2.75) is 20.3 Å². The summed E-state index contributed by atoms with van der Waals surface area (Å²) in [5.74, 6) is 1.09. The zero-order valence-electron chi connectivity index (χ0n) is 8.27. The van der Waals surface area contributed by atoms with Crippen LogP contribution in [0.5, 0.6) is 0 Å². The van der Waals surface area contributed by atoms with E-state index in [2.05, 4.69) is 24.2 Å². The minimum Gasteiger partial charge on any atom is -0.365 e. The van der Waals surface area contributed by atoms with Crippen LogP contribution in [0.4, 0.5) is 4.39 Å². The highest BCUT2D eigenvalue weighted by molar-refractivity contribution is 8.13. The van der Waals surface area contributed by atoms with Crippen LogP contribution >= 0.6 is 11.8 Å². The average Bonchev–Trinajstić information content (AvgIpc) is 2.08. The fourth-order valence-corrected chi connectivity index (χ4v) is 1.99. The molecule has 1 N–H and O–H groups in total. The summed E-state index contributed by atoms with van der Waals surface area (Å²) in [6, 6.07) is 0. The van der Waals surface area contributed by atoms with E-state index in [1.165, 1.54) is 0 Å². The Labute approximate surface area is 83.4 Å².